The molecular formula is C21H19N3O2. The number of carbonyl (C=O) groups excluding carboxylic acids is 1. The normalized spacial score (nSPS) is 12.2. The summed E-state index contributed by atoms with van der Waals surface area (Å²) in [5.74, 6) is 0.337. The summed E-state index contributed by atoms with van der Waals surface area (Å²) in [4.78, 5) is 20.2. The number of pyridine rings is 1. The van der Waals surface area contributed by atoms with E-state index in [9.17, 15) is 4.79 Å². The fraction of sp³-hybridized carbons (Fsp3) is 0.143. The average Bonchev–Trinajstić information content (AvgIpc) is 3.10. The van der Waals surface area contributed by atoms with E-state index in [0.717, 1.165) is 27.4 Å². The number of ether oxygens (including phenoxy) is 1. The third-order valence-electron chi connectivity index (χ3n) is 4.51. The van der Waals surface area contributed by atoms with Crippen LogP contribution >= 0.6 is 0 Å². The number of hydrogen-bond acceptors (Lipinski definition) is 4. The number of nitrogens with one attached hydrogen (secondary N) is 2. The second-order valence-electron chi connectivity index (χ2n) is 6.17. The Labute approximate surface area is 151 Å². The molecule has 130 valence electrons. The van der Waals surface area contributed by atoms with Crippen molar-refractivity contribution in [3.8, 4) is 0 Å². The van der Waals surface area contributed by atoms with Crippen LogP contribution in [0.2, 0.25) is 0 Å². The Bertz CT molecular complexity index is 1070. The van der Waals surface area contributed by atoms with E-state index in [4.69, 9.17) is 4.74 Å². The lowest BCUT2D eigenvalue weighted by Crippen LogP contribution is -2.33. The molecule has 0 bridgehead atoms. The molecule has 26 heavy (non-hydrogen) atoms. The Balaban J connectivity index is 1.63. The first-order chi connectivity index (χ1) is 12.7. The number of fused-ring (bicyclic) bond motifs is 2. The summed E-state index contributed by atoms with van der Waals surface area (Å²) in [6, 6.07) is 19.3. The molecule has 0 fully saturated rings. The number of carbonyl (C=O) groups is 1. The van der Waals surface area contributed by atoms with Gasteiger partial charge in [-0.1, -0.05) is 36.4 Å². The highest BCUT2D eigenvalue weighted by Gasteiger charge is 2.21. The fourth-order valence-electron chi connectivity index (χ4n) is 3.18. The van der Waals surface area contributed by atoms with Crippen molar-refractivity contribution in [3.63, 3.8) is 0 Å². The molecule has 0 aliphatic rings. The van der Waals surface area contributed by atoms with Crippen LogP contribution in [-0.4, -0.2) is 29.1 Å². The Morgan fingerprint density at radius 1 is 1.12 bits per heavy atom. The van der Waals surface area contributed by atoms with Gasteiger partial charge in [0.05, 0.1) is 12.6 Å². The lowest BCUT2D eigenvalue weighted by molar-refractivity contribution is -0.141. The highest BCUT2D eigenvalue weighted by atomic mass is 16.5. The number of esters is 1. The molecule has 0 unspecified atom stereocenters. The van der Waals surface area contributed by atoms with E-state index in [-0.39, 0.29) is 5.97 Å². The molecule has 4 rings (SSSR count). The number of hydrogen-bond donors (Lipinski definition) is 2. The van der Waals surface area contributed by atoms with Gasteiger partial charge in [0.1, 0.15) is 11.9 Å². The number of nitrogens with zero attached hydrogens (tertiary/aromatic N) is 1. The zero-order valence-corrected chi connectivity index (χ0v) is 14.4. The highest BCUT2D eigenvalue weighted by Crippen LogP contribution is 2.21. The van der Waals surface area contributed by atoms with Crippen LogP contribution in [0.3, 0.4) is 0 Å². The number of aromatic nitrogens is 2. The quantitative estimate of drug-likeness (QED) is 0.538. The Kier molecular flexibility index (Phi) is 4.27. The summed E-state index contributed by atoms with van der Waals surface area (Å²) in [5.41, 5.74) is 2.99. The number of anilines is 1. The molecule has 0 radical (unpaired) electrons. The van der Waals surface area contributed by atoms with Crippen molar-refractivity contribution in [1.29, 1.82) is 0 Å². The van der Waals surface area contributed by atoms with E-state index in [1.54, 1.807) is 0 Å². The second-order valence-corrected chi connectivity index (χ2v) is 6.17. The summed E-state index contributed by atoms with van der Waals surface area (Å²) in [5, 5.41) is 5.39. The number of rotatable bonds is 5. The maximum atomic E-state index is 12.3. The monoisotopic (exact) mass is 345 g/mol. The van der Waals surface area contributed by atoms with Crippen LogP contribution in [-0.2, 0) is 16.0 Å². The van der Waals surface area contributed by atoms with Gasteiger partial charge in [-0.25, -0.2) is 9.78 Å². The van der Waals surface area contributed by atoms with Crippen LogP contribution in [0.1, 0.15) is 5.56 Å². The topological polar surface area (TPSA) is 67.0 Å². The number of methoxy groups -OCH3 is 1. The number of H-pyrrole nitrogens is 1. The van der Waals surface area contributed by atoms with E-state index in [0.29, 0.717) is 12.2 Å². The van der Waals surface area contributed by atoms with Gasteiger partial charge in [0.15, 0.2) is 0 Å². The van der Waals surface area contributed by atoms with Crippen molar-refractivity contribution in [3.05, 3.63) is 72.4 Å². The molecule has 5 nitrogen and oxygen atoms in total. The minimum absolute atomic E-state index is 0.315. The lowest BCUT2D eigenvalue weighted by Gasteiger charge is -2.17. The van der Waals surface area contributed by atoms with Gasteiger partial charge in [-0.2, -0.15) is 0 Å². The number of benzene rings is 2. The van der Waals surface area contributed by atoms with Crippen molar-refractivity contribution in [1.82, 2.24) is 9.97 Å². The van der Waals surface area contributed by atoms with Crippen molar-refractivity contribution in [2.75, 3.05) is 12.4 Å². The highest BCUT2D eigenvalue weighted by molar-refractivity contribution is 5.86. The SMILES string of the molecule is COC(=O)[C@H](Cc1c[nH]c2ccccc12)Nc1ccc2ccccc2n1. The smallest absolute Gasteiger partial charge is 0.328 e. The van der Waals surface area contributed by atoms with Gasteiger partial charge in [0, 0.05) is 28.9 Å². The maximum absolute atomic E-state index is 12.3. The van der Waals surface area contributed by atoms with Crippen molar-refractivity contribution >= 4 is 33.6 Å². The molecule has 1 atom stereocenters. The van der Waals surface area contributed by atoms with E-state index >= 15 is 0 Å². The lowest BCUT2D eigenvalue weighted by atomic mass is 10.0. The maximum Gasteiger partial charge on any atom is 0.328 e. The molecule has 0 aliphatic carbocycles. The third-order valence-corrected chi connectivity index (χ3v) is 4.51. The predicted octanol–water partition coefficient (Wildman–Crippen LogP) is 3.91. The summed E-state index contributed by atoms with van der Waals surface area (Å²) in [6.07, 6.45) is 2.45. The molecule has 0 aliphatic heterocycles. The van der Waals surface area contributed by atoms with Gasteiger partial charge in [0.25, 0.3) is 0 Å². The van der Waals surface area contributed by atoms with Crippen LogP contribution in [0.15, 0.2) is 66.9 Å². The Morgan fingerprint density at radius 3 is 2.81 bits per heavy atom. The van der Waals surface area contributed by atoms with Crippen LogP contribution in [0.5, 0.6) is 0 Å². The molecule has 0 spiro atoms. The molecular weight excluding hydrogens is 326 g/mol. The van der Waals surface area contributed by atoms with E-state index in [2.05, 4.69) is 15.3 Å². The van der Waals surface area contributed by atoms with E-state index in [1.165, 1.54) is 7.11 Å². The van der Waals surface area contributed by atoms with Crippen LogP contribution < -0.4 is 5.32 Å². The largest absolute Gasteiger partial charge is 0.467 e. The standard InChI is InChI=1S/C21H19N3O2/c1-26-21(25)19(12-15-13-22-18-9-5-3-7-16(15)18)24-20-11-10-14-6-2-4-8-17(14)23-20/h2-11,13,19,22H,12H2,1H3,(H,23,24)/t19-/m0/s1. The molecule has 2 aromatic carbocycles. The van der Waals surface area contributed by atoms with Gasteiger partial charge in [0.2, 0.25) is 0 Å². The van der Waals surface area contributed by atoms with Gasteiger partial charge in [-0.15, -0.1) is 0 Å². The molecule has 2 heterocycles. The third kappa shape index (κ3) is 3.11. The Morgan fingerprint density at radius 2 is 1.92 bits per heavy atom. The predicted molar refractivity (Wildman–Crippen MR) is 103 cm³/mol. The van der Waals surface area contributed by atoms with Crippen LogP contribution in [0.4, 0.5) is 5.82 Å². The van der Waals surface area contributed by atoms with Crippen molar-refractivity contribution in [2.24, 2.45) is 0 Å². The average molecular weight is 345 g/mol. The van der Waals surface area contributed by atoms with Crippen LogP contribution in [0, 0.1) is 0 Å². The molecule has 0 saturated heterocycles. The summed E-state index contributed by atoms with van der Waals surface area (Å²) >= 11 is 0. The number of aromatic amines is 1. The zero-order chi connectivity index (χ0) is 17.9. The van der Waals surface area contributed by atoms with E-state index < -0.39 is 6.04 Å². The van der Waals surface area contributed by atoms with Crippen molar-refractivity contribution in [2.45, 2.75) is 12.5 Å². The summed E-state index contributed by atoms with van der Waals surface area (Å²) < 4.78 is 4.99. The van der Waals surface area contributed by atoms with Crippen LogP contribution in [0.25, 0.3) is 21.8 Å². The molecule has 4 aromatic rings. The van der Waals surface area contributed by atoms with Gasteiger partial charge in [-0.05, 0) is 29.8 Å². The van der Waals surface area contributed by atoms with Gasteiger partial charge < -0.3 is 15.0 Å². The number of para-hydroxylation sites is 2. The minimum atomic E-state index is -0.520. The fourth-order valence-corrected chi connectivity index (χ4v) is 3.18. The summed E-state index contributed by atoms with van der Waals surface area (Å²) in [6.45, 7) is 0. The van der Waals surface area contributed by atoms with E-state index in [1.807, 2.05) is 66.9 Å². The minimum Gasteiger partial charge on any atom is -0.467 e. The van der Waals surface area contributed by atoms with Gasteiger partial charge in [-0.3, -0.25) is 0 Å². The second kappa shape index (κ2) is 6.88. The van der Waals surface area contributed by atoms with Gasteiger partial charge >= 0.3 is 5.97 Å². The first kappa shape index (κ1) is 16.1. The van der Waals surface area contributed by atoms with Crippen molar-refractivity contribution < 1.29 is 9.53 Å². The molecule has 0 saturated carbocycles. The first-order valence-electron chi connectivity index (χ1n) is 8.50. The molecule has 0 amide bonds. The summed E-state index contributed by atoms with van der Waals surface area (Å²) in [7, 11) is 1.40. The molecule has 5 heteroatoms. The Hall–Kier alpha value is -3.34. The molecule has 2 N–H and O–H groups in total. The zero-order valence-electron chi connectivity index (χ0n) is 14.4. The molecule has 2 aromatic heterocycles. The first-order valence-corrected chi connectivity index (χ1v) is 8.50.